The maximum atomic E-state index is 5.52. The summed E-state index contributed by atoms with van der Waals surface area (Å²) in [5, 5.41) is 0. The van der Waals surface area contributed by atoms with Gasteiger partial charge in [-0.15, -0.1) is 0 Å². The van der Waals surface area contributed by atoms with Gasteiger partial charge in [0, 0.05) is 13.2 Å². The zero-order chi connectivity index (χ0) is 13.1. The molecule has 1 aromatic heterocycles. The molecule has 1 rings (SSSR count). The van der Waals surface area contributed by atoms with Crippen LogP contribution in [0.2, 0.25) is 0 Å². The molecule has 0 aliphatic carbocycles. The summed E-state index contributed by atoms with van der Waals surface area (Å²) in [4.78, 5) is 4.00. The van der Waals surface area contributed by atoms with Crippen molar-refractivity contribution in [3.63, 3.8) is 0 Å². The monoisotopic (exact) mass is 256 g/mol. The first kappa shape index (κ1) is 14.7. The largest absolute Gasteiger partial charge is 0.475 e. The van der Waals surface area contributed by atoms with Crippen LogP contribution in [0.4, 0.5) is 5.82 Å². The number of pyridine rings is 1. The van der Waals surface area contributed by atoms with E-state index in [1.54, 1.807) is 25.3 Å². The number of methoxy groups -OCH3 is 1. The summed E-state index contributed by atoms with van der Waals surface area (Å²) in [5.41, 5.74) is 5.52. The predicted octanol–water partition coefficient (Wildman–Crippen LogP) is 0.722. The molecule has 1 aromatic rings. The van der Waals surface area contributed by atoms with E-state index >= 15 is 0 Å². The third kappa shape index (κ3) is 7.05. The van der Waals surface area contributed by atoms with Crippen molar-refractivity contribution in [2.45, 2.75) is 0 Å². The maximum absolute atomic E-state index is 5.52. The maximum Gasteiger partial charge on any atom is 0.215 e. The molecule has 0 saturated carbocycles. The van der Waals surface area contributed by atoms with Gasteiger partial charge in [-0.25, -0.2) is 0 Å². The Balaban J connectivity index is 1.92. The lowest BCUT2D eigenvalue weighted by Gasteiger charge is -2.07. The van der Waals surface area contributed by atoms with Crippen LogP contribution < -0.4 is 10.5 Å². The predicted molar refractivity (Wildman–Crippen MR) is 67.7 cm³/mol. The number of hydrogen-bond donors (Lipinski definition) is 1. The first-order chi connectivity index (χ1) is 8.83. The van der Waals surface area contributed by atoms with E-state index in [2.05, 4.69) is 4.98 Å². The molecule has 0 fully saturated rings. The van der Waals surface area contributed by atoms with E-state index in [-0.39, 0.29) is 0 Å². The number of rotatable bonds is 10. The van der Waals surface area contributed by atoms with Crippen molar-refractivity contribution in [1.82, 2.24) is 4.98 Å². The molecule has 0 amide bonds. The summed E-state index contributed by atoms with van der Waals surface area (Å²) in [6.07, 6.45) is 0. The fourth-order valence-electron chi connectivity index (χ4n) is 1.18. The van der Waals surface area contributed by atoms with Gasteiger partial charge < -0.3 is 24.7 Å². The molecule has 0 bridgehead atoms. The molecular weight excluding hydrogens is 236 g/mol. The van der Waals surface area contributed by atoms with Crippen LogP contribution in [0.1, 0.15) is 0 Å². The lowest BCUT2D eigenvalue weighted by Crippen LogP contribution is -2.12. The van der Waals surface area contributed by atoms with Crippen molar-refractivity contribution < 1.29 is 18.9 Å². The lowest BCUT2D eigenvalue weighted by atomic mass is 10.4. The highest BCUT2D eigenvalue weighted by Gasteiger charge is 1.96. The molecule has 0 aliphatic rings. The molecule has 0 aliphatic heterocycles. The minimum atomic E-state index is 0.439. The molecule has 0 saturated heterocycles. The summed E-state index contributed by atoms with van der Waals surface area (Å²) in [6.45, 7) is 3.21. The van der Waals surface area contributed by atoms with Crippen LogP contribution in [0, 0.1) is 0 Å². The van der Waals surface area contributed by atoms with Gasteiger partial charge in [0.2, 0.25) is 5.88 Å². The van der Waals surface area contributed by atoms with E-state index in [4.69, 9.17) is 24.7 Å². The Morgan fingerprint density at radius 3 is 2.33 bits per heavy atom. The molecule has 6 nitrogen and oxygen atoms in total. The van der Waals surface area contributed by atoms with Gasteiger partial charge in [0.25, 0.3) is 0 Å². The Bertz CT molecular complexity index is 323. The number of anilines is 1. The molecular formula is C12H20N2O4. The van der Waals surface area contributed by atoms with Crippen molar-refractivity contribution in [3.8, 4) is 5.88 Å². The van der Waals surface area contributed by atoms with E-state index in [1.165, 1.54) is 0 Å². The van der Waals surface area contributed by atoms with Gasteiger partial charge in [0.15, 0.2) is 0 Å². The van der Waals surface area contributed by atoms with Crippen molar-refractivity contribution >= 4 is 5.82 Å². The summed E-state index contributed by atoms with van der Waals surface area (Å²) in [5.74, 6) is 0.954. The Morgan fingerprint density at radius 2 is 1.67 bits per heavy atom. The molecule has 18 heavy (non-hydrogen) atoms. The van der Waals surface area contributed by atoms with Crippen molar-refractivity contribution in [2.24, 2.45) is 0 Å². The third-order valence-corrected chi connectivity index (χ3v) is 2.03. The molecule has 1 heterocycles. The van der Waals surface area contributed by atoms with Gasteiger partial charge in [-0.2, -0.15) is 4.98 Å². The minimum absolute atomic E-state index is 0.439. The summed E-state index contributed by atoms with van der Waals surface area (Å²) < 4.78 is 20.7. The highest BCUT2D eigenvalue weighted by Crippen LogP contribution is 2.07. The highest BCUT2D eigenvalue weighted by molar-refractivity contribution is 5.30. The second-order valence-electron chi connectivity index (χ2n) is 3.47. The SMILES string of the molecule is COCCOCCOCCOc1cccc(N)n1. The van der Waals surface area contributed by atoms with Crippen LogP contribution in [0.5, 0.6) is 5.88 Å². The quantitative estimate of drug-likeness (QED) is 0.622. The number of aromatic nitrogens is 1. The van der Waals surface area contributed by atoms with Crippen LogP contribution >= 0.6 is 0 Å². The number of nitrogen functional groups attached to an aromatic ring is 1. The number of nitrogens with zero attached hydrogens (tertiary/aromatic N) is 1. The zero-order valence-electron chi connectivity index (χ0n) is 10.6. The van der Waals surface area contributed by atoms with Crippen LogP contribution in [0.3, 0.4) is 0 Å². The first-order valence-corrected chi connectivity index (χ1v) is 5.82. The van der Waals surface area contributed by atoms with Crippen LogP contribution in [0.25, 0.3) is 0 Å². The minimum Gasteiger partial charge on any atom is -0.475 e. The molecule has 0 aromatic carbocycles. The van der Waals surface area contributed by atoms with Gasteiger partial charge >= 0.3 is 0 Å². The summed E-state index contributed by atoms with van der Waals surface area (Å²) in [7, 11) is 1.64. The van der Waals surface area contributed by atoms with Crippen molar-refractivity contribution in [1.29, 1.82) is 0 Å². The fraction of sp³-hybridized carbons (Fsp3) is 0.583. The van der Waals surface area contributed by atoms with E-state index < -0.39 is 0 Å². The lowest BCUT2D eigenvalue weighted by molar-refractivity contribution is 0.0177. The van der Waals surface area contributed by atoms with Crippen LogP contribution in [-0.4, -0.2) is 51.7 Å². The first-order valence-electron chi connectivity index (χ1n) is 5.82. The molecule has 0 atom stereocenters. The third-order valence-electron chi connectivity index (χ3n) is 2.03. The molecule has 2 N–H and O–H groups in total. The van der Waals surface area contributed by atoms with Gasteiger partial charge in [0.1, 0.15) is 12.4 Å². The second-order valence-corrected chi connectivity index (χ2v) is 3.47. The Kier molecular flexibility index (Phi) is 7.87. The smallest absolute Gasteiger partial charge is 0.215 e. The Labute approximate surface area is 107 Å². The molecule has 0 unspecified atom stereocenters. The van der Waals surface area contributed by atoms with Gasteiger partial charge in [-0.1, -0.05) is 6.07 Å². The molecule has 0 spiro atoms. The standard InChI is InChI=1S/C12H20N2O4/c1-15-5-6-16-7-8-17-9-10-18-12-4-2-3-11(13)14-12/h2-4H,5-10H2,1H3,(H2,13,14). The molecule has 102 valence electrons. The normalized spacial score (nSPS) is 10.5. The zero-order valence-corrected chi connectivity index (χ0v) is 10.6. The average molecular weight is 256 g/mol. The second kappa shape index (κ2) is 9.64. The highest BCUT2D eigenvalue weighted by atomic mass is 16.6. The fourth-order valence-corrected chi connectivity index (χ4v) is 1.18. The topological polar surface area (TPSA) is 75.8 Å². The van der Waals surface area contributed by atoms with Crippen LogP contribution in [0.15, 0.2) is 18.2 Å². The van der Waals surface area contributed by atoms with E-state index in [1.807, 2.05) is 0 Å². The van der Waals surface area contributed by atoms with Crippen LogP contribution in [-0.2, 0) is 14.2 Å². The Hall–Kier alpha value is -1.37. The number of nitrogens with two attached hydrogens (primary N) is 1. The van der Waals surface area contributed by atoms with E-state index in [9.17, 15) is 0 Å². The van der Waals surface area contributed by atoms with Crippen molar-refractivity contribution in [3.05, 3.63) is 18.2 Å². The van der Waals surface area contributed by atoms with Crippen molar-refractivity contribution in [2.75, 3.05) is 52.5 Å². The van der Waals surface area contributed by atoms with Gasteiger partial charge in [-0.3, -0.25) is 0 Å². The van der Waals surface area contributed by atoms with E-state index in [0.29, 0.717) is 51.3 Å². The average Bonchev–Trinajstić information content (AvgIpc) is 2.37. The summed E-state index contributed by atoms with van der Waals surface area (Å²) >= 11 is 0. The molecule has 0 radical (unpaired) electrons. The van der Waals surface area contributed by atoms with Gasteiger partial charge in [0.05, 0.1) is 33.0 Å². The Morgan fingerprint density at radius 1 is 1.00 bits per heavy atom. The number of ether oxygens (including phenoxy) is 4. The summed E-state index contributed by atoms with van der Waals surface area (Å²) in [6, 6.07) is 5.26. The molecule has 6 heteroatoms. The van der Waals surface area contributed by atoms with E-state index in [0.717, 1.165) is 0 Å². The van der Waals surface area contributed by atoms with Gasteiger partial charge in [-0.05, 0) is 6.07 Å². The number of hydrogen-bond acceptors (Lipinski definition) is 6.